The topological polar surface area (TPSA) is 54.0 Å². The van der Waals surface area contributed by atoms with Crippen molar-refractivity contribution in [2.45, 2.75) is 32.7 Å². The molecule has 0 spiro atoms. The number of rotatable bonds is 6. The molecule has 0 radical (unpaired) electrons. The molecule has 0 saturated carbocycles. The Kier molecular flexibility index (Phi) is 5.97. The normalized spacial score (nSPS) is 11.9. The van der Waals surface area contributed by atoms with Crippen molar-refractivity contribution in [2.75, 3.05) is 11.9 Å². The average Bonchev–Trinajstić information content (AvgIpc) is 2.29. The number of carbonyl (C=O) groups is 1. The molecule has 1 rings (SSSR count). The molecule has 4 nitrogen and oxygen atoms in total. The quantitative estimate of drug-likeness (QED) is 0.794. The van der Waals surface area contributed by atoms with Gasteiger partial charge in [0.15, 0.2) is 0 Å². The van der Waals surface area contributed by atoms with Crippen molar-refractivity contribution in [3.63, 3.8) is 0 Å². The maximum Gasteiger partial charge on any atom is 0.242 e. The Morgan fingerprint density at radius 3 is 2.94 bits per heavy atom. The number of hydrogen-bond acceptors (Lipinski definition) is 3. The molecule has 1 unspecified atom stereocenters. The van der Waals surface area contributed by atoms with Gasteiger partial charge in [-0.1, -0.05) is 13.3 Å². The zero-order valence-corrected chi connectivity index (χ0v) is 11.8. The minimum Gasteiger partial charge on any atom is -0.373 e. The summed E-state index contributed by atoms with van der Waals surface area (Å²) in [6.45, 7) is 4.67. The standard InChI is InChI=1S/C12H18BrN3O/c1-3-4-5-15-12(17)9(2)16-11-6-10(13)7-14-8-11/h6-9,16H,3-5H2,1-2H3,(H,15,17). The second-order valence-electron chi connectivity index (χ2n) is 3.90. The number of amides is 1. The molecule has 1 heterocycles. The van der Waals surface area contributed by atoms with Crippen LogP contribution in [0.15, 0.2) is 22.9 Å². The van der Waals surface area contributed by atoms with Crippen LogP contribution in [0, 0.1) is 0 Å². The highest BCUT2D eigenvalue weighted by molar-refractivity contribution is 9.10. The molecule has 1 aromatic rings. The fourth-order valence-electron chi connectivity index (χ4n) is 1.35. The van der Waals surface area contributed by atoms with Crippen LogP contribution >= 0.6 is 15.9 Å². The van der Waals surface area contributed by atoms with Crippen LogP contribution in [0.2, 0.25) is 0 Å². The molecule has 2 N–H and O–H groups in total. The molecule has 0 aromatic carbocycles. The van der Waals surface area contributed by atoms with E-state index in [1.165, 1.54) is 0 Å². The van der Waals surface area contributed by atoms with Crippen LogP contribution in [-0.2, 0) is 4.79 Å². The number of halogens is 1. The maximum atomic E-state index is 11.7. The van der Waals surface area contributed by atoms with Gasteiger partial charge in [0.2, 0.25) is 5.91 Å². The smallest absolute Gasteiger partial charge is 0.242 e. The molecule has 1 aromatic heterocycles. The molecule has 0 aliphatic carbocycles. The predicted molar refractivity (Wildman–Crippen MR) is 72.9 cm³/mol. The number of pyridine rings is 1. The first kappa shape index (κ1) is 14.0. The van der Waals surface area contributed by atoms with Crippen molar-refractivity contribution in [2.24, 2.45) is 0 Å². The lowest BCUT2D eigenvalue weighted by Gasteiger charge is -2.14. The summed E-state index contributed by atoms with van der Waals surface area (Å²) >= 11 is 3.34. The first-order chi connectivity index (χ1) is 8.13. The number of nitrogens with zero attached hydrogens (tertiary/aromatic N) is 1. The average molecular weight is 300 g/mol. The van der Waals surface area contributed by atoms with Crippen molar-refractivity contribution < 1.29 is 4.79 Å². The minimum atomic E-state index is -0.261. The fraction of sp³-hybridized carbons (Fsp3) is 0.500. The first-order valence-electron chi connectivity index (χ1n) is 5.78. The van der Waals surface area contributed by atoms with Crippen LogP contribution in [0.3, 0.4) is 0 Å². The highest BCUT2D eigenvalue weighted by Gasteiger charge is 2.11. The summed E-state index contributed by atoms with van der Waals surface area (Å²) < 4.78 is 0.890. The molecule has 17 heavy (non-hydrogen) atoms. The van der Waals surface area contributed by atoms with E-state index in [0.717, 1.165) is 29.5 Å². The van der Waals surface area contributed by atoms with Gasteiger partial charge in [0.05, 0.1) is 11.9 Å². The number of aromatic nitrogens is 1. The summed E-state index contributed by atoms with van der Waals surface area (Å²) in [6.07, 6.45) is 5.49. The zero-order chi connectivity index (χ0) is 12.7. The monoisotopic (exact) mass is 299 g/mol. The third-order valence-electron chi connectivity index (χ3n) is 2.31. The molecular formula is C12H18BrN3O. The van der Waals surface area contributed by atoms with Crippen molar-refractivity contribution >= 4 is 27.5 Å². The van der Waals surface area contributed by atoms with Gasteiger partial charge in [0.1, 0.15) is 6.04 Å². The third kappa shape index (κ3) is 5.17. The first-order valence-corrected chi connectivity index (χ1v) is 6.57. The second kappa shape index (κ2) is 7.27. The van der Waals surface area contributed by atoms with Gasteiger partial charge in [0.25, 0.3) is 0 Å². The molecule has 1 amide bonds. The van der Waals surface area contributed by atoms with Gasteiger partial charge in [-0.25, -0.2) is 0 Å². The largest absolute Gasteiger partial charge is 0.373 e. The van der Waals surface area contributed by atoms with Crippen LogP contribution in [0.1, 0.15) is 26.7 Å². The molecule has 0 aliphatic rings. The predicted octanol–water partition coefficient (Wildman–Crippen LogP) is 2.56. The molecule has 1 atom stereocenters. The van der Waals surface area contributed by atoms with Gasteiger partial charge in [-0.15, -0.1) is 0 Å². The molecular weight excluding hydrogens is 282 g/mol. The number of anilines is 1. The Morgan fingerprint density at radius 2 is 2.29 bits per heavy atom. The van der Waals surface area contributed by atoms with Crippen LogP contribution in [0.5, 0.6) is 0 Å². The number of nitrogens with one attached hydrogen (secondary N) is 2. The van der Waals surface area contributed by atoms with E-state index >= 15 is 0 Å². The Morgan fingerprint density at radius 1 is 1.53 bits per heavy atom. The Bertz CT molecular complexity index is 371. The van der Waals surface area contributed by atoms with Crippen LogP contribution in [0.25, 0.3) is 0 Å². The van der Waals surface area contributed by atoms with Crippen LogP contribution < -0.4 is 10.6 Å². The summed E-state index contributed by atoms with van der Waals surface area (Å²) in [4.78, 5) is 15.7. The molecule has 0 bridgehead atoms. The van der Waals surface area contributed by atoms with E-state index in [9.17, 15) is 4.79 Å². The van der Waals surface area contributed by atoms with Crippen molar-refractivity contribution in [3.8, 4) is 0 Å². The lowest BCUT2D eigenvalue weighted by Crippen LogP contribution is -2.38. The van der Waals surface area contributed by atoms with Crippen LogP contribution in [0.4, 0.5) is 5.69 Å². The summed E-state index contributed by atoms with van der Waals surface area (Å²) in [5.41, 5.74) is 0.831. The maximum absolute atomic E-state index is 11.7. The molecule has 5 heteroatoms. The fourth-order valence-corrected chi connectivity index (χ4v) is 1.71. The summed E-state index contributed by atoms with van der Waals surface area (Å²) in [7, 11) is 0. The second-order valence-corrected chi connectivity index (χ2v) is 4.82. The van der Waals surface area contributed by atoms with E-state index in [1.54, 1.807) is 12.4 Å². The number of hydrogen-bond donors (Lipinski definition) is 2. The molecule has 94 valence electrons. The summed E-state index contributed by atoms with van der Waals surface area (Å²) in [5.74, 6) is 0.0124. The number of carbonyl (C=O) groups excluding carboxylic acids is 1. The van der Waals surface area contributed by atoms with Gasteiger partial charge in [-0.3, -0.25) is 9.78 Å². The summed E-state index contributed by atoms with van der Waals surface area (Å²) in [6, 6.07) is 1.63. The number of unbranched alkanes of at least 4 members (excludes halogenated alkanes) is 1. The van der Waals surface area contributed by atoms with Gasteiger partial charge < -0.3 is 10.6 Å². The van der Waals surface area contributed by atoms with Gasteiger partial charge >= 0.3 is 0 Å². The van der Waals surface area contributed by atoms with Crippen molar-refractivity contribution in [1.29, 1.82) is 0 Å². The molecule has 0 aliphatic heterocycles. The summed E-state index contributed by atoms with van der Waals surface area (Å²) in [5, 5.41) is 5.99. The molecule has 0 fully saturated rings. The highest BCUT2D eigenvalue weighted by atomic mass is 79.9. The third-order valence-corrected chi connectivity index (χ3v) is 2.74. The van der Waals surface area contributed by atoms with E-state index in [4.69, 9.17) is 0 Å². The zero-order valence-electron chi connectivity index (χ0n) is 10.2. The van der Waals surface area contributed by atoms with E-state index in [0.29, 0.717) is 0 Å². The SMILES string of the molecule is CCCCNC(=O)C(C)Nc1cncc(Br)c1. The Hall–Kier alpha value is -1.10. The minimum absolute atomic E-state index is 0.0124. The van der Waals surface area contributed by atoms with E-state index < -0.39 is 0 Å². The Labute approximate surface area is 110 Å². The van der Waals surface area contributed by atoms with E-state index in [1.807, 2.05) is 13.0 Å². The van der Waals surface area contributed by atoms with E-state index in [-0.39, 0.29) is 11.9 Å². The highest BCUT2D eigenvalue weighted by Crippen LogP contribution is 2.14. The van der Waals surface area contributed by atoms with Gasteiger partial charge in [-0.2, -0.15) is 0 Å². The molecule has 0 saturated heterocycles. The van der Waals surface area contributed by atoms with Gasteiger partial charge in [-0.05, 0) is 35.3 Å². The van der Waals surface area contributed by atoms with Crippen LogP contribution in [-0.4, -0.2) is 23.5 Å². The van der Waals surface area contributed by atoms with Crippen molar-refractivity contribution in [3.05, 3.63) is 22.9 Å². The Balaban J connectivity index is 2.43. The van der Waals surface area contributed by atoms with Crippen molar-refractivity contribution in [1.82, 2.24) is 10.3 Å². The van der Waals surface area contributed by atoms with Gasteiger partial charge in [0, 0.05) is 17.2 Å². The van der Waals surface area contributed by atoms with E-state index in [2.05, 4.69) is 38.5 Å². The lowest BCUT2D eigenvalue weighted by atomic mass is 10.2. The lowest BCUT2D eigenvalue weighted by molar-refractivity contribution is -0.121.